The van der Waals surface area contributed by atoms with Crippen LogP contribution in [0.5, 0.6) is 0 Å². The average molecular weight is 239 g/mol. The highest BCUT2D eigenvalue weighted by molar-refractivity contribution is 5.86. The van der Waals surface area contributed by atoms with Gasteiger partial charge in [0, 0.05) is 18.7 Å². The van der Waals surface area contributed by atoms with Crippen LogP contribution in [0.1, 0.15) is 52.4 Å². The third-order valence-electron chi connectivity index (χ3n) is 3.76. The van der Waals surface area contributed by atoms with Gasteiger partial charge in [0.1, 0.15) is 0 Å². The van der Waals surface area contributed by atoms with Gasteiger partial charge in [0.25, 0.3) is 0 Å². The van der Waals surface area contributed by atoms with Crippen LogP contribution in [-0.4, -0.2) is 24.2 Å². The molecular weight excluding hydrogens is 214 g/mol. The molecule has 0 radical (unpaired) electrons. The lowest BCUT2D eigenvalue weighted by molar-refractivity contribution is -0.132. The van der Waals surface area contributed by atoms with E-state index in [0.29, 0.717) is 24.0 Å². The normalized spacial score (nSPS) is 20.2. The molecule has 0 bridgehead atoms. The third kappa shape index (κ3) is 4.90. The zero-order valence-corrected chi connectivity index (χ0v) is 11.1. The van der Waals surface area contributed by atoms with Crippen LogP contribution in [0.25, 0.3) is 0 Å². The number of hydrogen-bond donors (Lipinski definition) is 2. The number of aliphatic carboxylic acids is 1. The molecule has 1 saturated carbocycles. The average Bonchev–Trinajstić information content (AvgIpc) is 2.29. The molecule has 2 N–H and O–H groups in total. The van der Waals surface area contributed by atoms with Crippen LogP contribution in [-0.2, 0) is 4.79 Å². The van der Waals surface area contributed by atoms with Crippen LogP contribution >= 0.6 is 0 Å². The van der Waals surface area contributed by atoms with Crippen molar-refractivity contribution in [1.82, 2.24) is 5.32 Å². The van der Waals surface area contributed by atoms with Gasteiger partial charge >= 0.3 is 5.97 Å². The molecular formula is C14H25NO2. The Balaban J connectivity index is 2.29. The summed E-state index contributed by atoms with van der Waals surface area (Å²) in [5.41, 5.74) is 0.924. The van der Waals surface area contributed by atoms with Crippen molar-refractivity contribution in [3.8, 4) is 0 Å². The number of carbonyl (C=O) groups is 1. The Morgan fingerprint density at radius 1 is 1.35 bits per heavy atom. The summed E-state index contributed by atoms with van der Waals surface area (Å²) in [6, 6.07) is 0. The minimum absolute atomic E-state index is 0.418. The van der Waals surface area contributed by atoms with Gasteiger partial charge < -0.3 is 10.4 Å². The maximum atomic E-state index is 10.8. The van der Waals surface area contributed by atoms with Gasteiger partial charge in [0.2, 0.25) is 0 Å². The molecule has 1 aliphatic carbocycles. The summed E-state index contributed by atoms with van der Waals surface area (Å²) < 4.78 is 0. The fourth-order valence-electron chi connectivity index (χ4n) is 2.53. The van der Waals surface area contributed by atoms with Crippen molar-refractivity contribution in [3.05, 3.63) is 11.6 Å². The zero-order chi connectivity index (χ0) is 12.7. The molecule has 1 rings (SSSR count). The number of rotatable bonds is 6. The van der Waals surface area contributed by atoms with Crippen molar-refractivity contribution in [2.45, 2.75) is 52.4 Å². The van der Waals surface area contributed by atoms with E-state index in [1.54, 1.807) is 6.08 Å². The number of carboxylic acids is 1. The second-order valence-electron chi connectivity index (χ2n) is 5.39. The van der Waals surface area contributed by atoms with Crippen LogP contribution in [0.3, 0.4) is 0 Å². The van der Waals surface area contributed by atoms with E-state index in [1.165, 1.54) is 32.1 Å². The molecule has 3 nitrogen and oxygen atoms in total. The van der Waals surface area contributed by atoms with Crippen LogP contribution in [0, 0.1) is 5.41 Å². The lowest BCUT2D eigenvalue weighted by Gasteiger charge is -2.33. The highest BCUT2D eigenvalue weighted by atomic mass is 16.4. The molecule has 0 atom stereocenters. The summed E-state index contributed by atoms with van der Waals surface area (Å²) in [4.78, 5) is 10.8. The number of carboxylic acid groups (broad SMARTS) is 1. The van der Waals surface area contributed by atoms with Crippen molar-refractivity contribution in [3.63, 3.8) is 0 Å². The Morgan fingerprint density at radius 2 is 2.00 bits per heavy atom. The van der Waals surface area contributed by atoms with Crippen molar-refractivity contribution in [1.29, 1.82) is 0 Å². The molecule has 0 saturated heterocycles. The summed E-state index contributed by atoms with van der Waals surface area (Å²) in [6.07, 6.45) is 9.02. The lowest BCUT2D eigenvalue weighted by atomic mass is 9.76. The molecule has 0 spiro atoms. The van der Waals surface area contributed by atoms with Crippen LogP contribution in [0.4, 0.5) is 0 Å². The quantitative estimate of drug-likeness (QED) is 0.553. The maximum absolute atomic E-state index is 10.8. The summed E-state index contributed by atoms with van der Waals surface area (Å²) in [5, 5.41) is 12.3. The number of nitrogens with one attached hydrogen (secondary N) is 1. The molecule has 0 aromatic carbocycles. The molecule has 1 fully saturated rings. The summed E-state index contributed by atoms with van der Waals surface area (Å²) in [6.45, 7) is 5.88. The fraction of sp³-hybridized carbons (Fsp3) is 0.786. The van der Waals surface area contributed by atoms with Gasteiger partial charge in [-0.3, -0.25) is 0 Å². The molecule has 0 aromatic heterocycles. The fourth-order valence-corrected chi connectivity index (χ4v) is 2.53. The monoisotopic (exact) mass is 239 g/mol. The van der Waals surface area contributed by atoms with Crippen LogP contribution in [0.15, 0.2) is 11.6 Å². The summed E-state index contributed by atoms with van der Waals surface area (Å²) >= 11 is 0. The molecule has 17 heavy (non-hydrogen) atoms. The predicted molar refractivity (Wildman–Crippen MR) is 70.1 cm³/mol. The van der Waals surface area contributed by atoms with Gasteiger partial charge in [0.05, 0.1) is 0 Å². The highest BCUT2D eigenvalue weighted by Gasteiger charge is 2.25. The van der Waals surface area contributed by atoms with E-state index in [2.05, 4.69) is 12.2 Å². The first kappa shape index (κ1) is 14.2. The first-order valence-corrected chi connectivity index (χ1v) is 6.70. The van der Waals surface area contributed by atoms with Gasteiger partial charge in [-0.25, -0.2) is 4.79 Å². The Bertz CT molecular complexity index is 278. The molecule has 3 heteroatoms. The van der Waals surface area contributed by atoms with E-state index in [0.717, 1.165) is 6.54 Å². The smallest absolute Gasteiger partial charge is 0.331 e. The Hall–Kier alpha value is -0.830. The number of hydrogen-bond acceptors (Lipinski definition) is 2. The zero-order valence-electron chi connectivity index (χ0n) is 11.1. The molecule has 0 heterocycles. The van der Waals surface area contributed by atoms with E-state index >= 15 is 0 Å². The molecule has 0 unspecified atom stereocenters. The largest absolute Gasteiger partial charge is 0.478 e. The predicted octanol–water partition coefficient (Wildman–Crippen LogP) is 2.97. The molecule has 98 valence electrons. The van der Waals surface area contributed by atoms with Crippen molar-refractivity contribution >= 4 is 5.97 Å². The SMILES string of the molecule is CCC(=CCNCC1(C)CCCCC1)C(=O)O. The van der Waals surface area contributed by atoms with E-state index < -0.39 is 5.97 Å². The van der Waals surface area contributed by atoms with E-state index in [-0.39, 0.29) is 0 Å². The van der Waals surface area contributed by atoms with E-state index in [1.807, 2.05) is 6.92 Å². The minimum atomic E-state index is -0.793. The molecule has 0 amide bonds. The van der Waals surface area contributed by atoms with Crippen molar-refractivity contribution in [2.75, 3.05) is 13.1 Å². The molecule has 1 aliphatic rings. The van der Waals surface area contributed by atoms with Crippen molar-refractivity contribution < 1.29 is 9.90 Å². The van der Waals surface area contributed by atoms with Gasteiger partial charge in [-0.05, 0) is 24.7 Å². The van der Waals surface area contributed by atoms with Gasteiger partial charge in [-0.1, -0.05) is 39.2 Å². The van der Waals surface area contributed by atoms with E-state index in [4.69, 9.17) is 5.11 Å². The Kier molecular flexibility index (Phi) is 5.69. The first-order chi connectivity index (χ1) is 8.07. The Labute approximate surface area is 104 Å². The van der Waals surface area contributed by atoms with Gasteiger partial charge in [-0.15, -0.1) is 0 Å². The second-order valence-corrected chi connectivity index (χ2v) is 5.39. The topological polar surface area (TPSA) is 49.3 Å². The standard InChI is InChI=1S/C14H25NO2/c1-3-12(13(16)17)7-10-15-11-14(2)8-5-4-6-9-14/h7,15H,3-6,8-11H2,1-2H3,(H,16,17). The minimum Gasteiger partial charge on any atom is -0.478 e. The lowest BCUT2D eigenvalue weighted by Crippen LogP contribution is -2.33. The molecule has 0 aromatic rings. The van der Waals surface area contributed by atoms with Gasteiger partial charge in [-0.2, -0.15) is 0 Å². The highest BCUT2D eigenvalue weighted by Crippen LogP contribution is 2.34. The second kappa shape index (κ2) is 6.80. The maximum Gasteiger partial charge on any atom is 0.331 e. The summed E-state index contributed by atoms with van der Waals surface area (Å²) in [5.74, 6) is -0.793. The Morgan fingerprint density at radius 3 is 2.53 bits per heavy atom. The third-order valence-corrected chi connectivity index (χ3v) is 3.76. The van der Waals surface area contributed by atoms with Crippen molar-refractivity contribution in [2.24, 2.45) is 5.41 Å². The van der Waals surface area contributed by atoms with E-state index in [9.17, 15) is 4.79 Å². The first-order valence-electron chi connectivity index (χ1n) is 6.70. The summed E-state index contributed by atoms with van der Waals surface area (Å²) in [7, 11) is 0. The molecule has 0 aliphatic heterocycles. The van der Waals surface area contributed by atoms with Crippen LogP contribution in [0.2, 0.25) is 0 Å². The van der Waals surface area contributed by atoms with Crippen LogP contribution < -0.4 is 5.32 Å². The van der Waals surface area contributed by atoms with Gasteiger partial charge in [0.15, 0.2) is 0 Å².